The summed E-state index contributed by atoms with van der Waals surface area (Å²) in [6.45, 7) is 5.12. The van der Waals surface area contributed by atoms with Gasteiger partial charge in [-0.1, -0.05) is 37.3 Å². The monoisotopic (exact) mass is 323 g/mol. The highest BCUT2D eigenvalue weighted by molar-refractivity contribution is 7.96. The fourth-order valence-corrected chi connectivity index (χ4v) is 3.85. The second-order valence-electron chi connectivity index (χ2n) is 5.56. The summed E-state index contributed by atoms with van der Waals surface area (Å²) in [5, 5.41) is 1.01. The summed E-state index contributed by atoms with van der Waals surface area (Å²) in [5.41, 5.74) is 3.40. The van der Waals surface area contributed by atoms with E-state index in [0.717, 1.165) is 35.8 Å². The van der Waals surface area contributed by atoms with Crippen molar-refractivity contribution >= 4 is 28.8 Å². The maximum Gasteiger partial charge on any atom is 0.193 e. The smallest absolute Gasteiger partial charge is 0.193 e. The molecule has 0 unspecified atom stereocenters. The molecule has 23 heavy (non-hydrogen) atoms. The van der Waals surface area contributed by atoms with Crippen molar-refractivity contribution in [1.29, 1.82) is 0 Å². The number of likely N-dealkylation sites (N-methyl/N-ethyl adjacent to an activating group) is 1. The average molecular weight is 323 g/mol. The summed E-state index contributed by atoms with van der Waals surface area (Å²) < 4.78 is 4.54. The number of nitrogens with zero attached hydrogens (tertiary/aromatic N) is 3. The van der Waals surface area contributed by atoms with E-state index in [1.165, 1.54) is 0 Å². The Balaban J connectivity index is 1.73. The molecular weight excluding hydrogens is 306 g/mol. The van der Waals surface area contributed by atoms with Gasteiger partial charge in [0.05, 0.1) is 11.0 Å². The fraction of sp³-hybridized carbons (Fsp3) is 0.222. The van der Waals surface area contributed by atoms with E-state index in [2.05, 4.69) is 15.8 Å². The quantitative estimate of drug-likeness (QED) is 0.545. The van der Waals surface area contributed by atoms with Crippen molar-refractivity contribution < 1.29 is 4.79 Å². The number of fused-ring (bicyclic) bond motifs is 3. The lowest BCUT2D eigenvalue weighted by Gasteiger charge is -2.24. The Morgan fingerprint density at radius 1 is 1.13 bits per heavy atom. The minimum Gasteiger partial charge on any atom is -0.317 e. The predicted molar refractivity (Wildman–Crippen MR) is 92.7 cm³/mol. The van der Waals surface area contributed by atoms with Gasteiger partial charge in [-0.2, -0.15) is 0 Å². The van der Waals surface area contributed by atoms with Gasteiger partial charge in [-0.25, -0.2) is 9.29 Å². The van der Waals surface area contributed by atoms with Gasteiger partial charge in [-0.05, 0) is 30.1 Å². The zero-order valence-electron chi connectivity index (χ0n) is 12.9. The van der Waals surface area contributed by atoms with Crippen LogP contribution in [0.3, 0.4) is 0 Å². The highest BCUT2D eigenvalue weighted by Crippen LogP contribution is 2.31. The van der Waals surface area contributed by atoms with Crippen LogP contribution in [0.15, 0.2) is 53.7 Å². The van der Waals surface area contributed by atoms with Gasteiger partial charge in [0.2, 0.25) is 0 Å². The normalized spacial score (nSPS) is 14.8. The number of hydrogen-bond acceptors (Lipinski definition) is 4. The molecule has 0 saturated carbocycles. The number of aromatic nitrogens is 2. The van der Waals surface area contributed by atoms with Crippen molar-refractivity contribution in [2.75, 3.05) is 13.1 Å². The van der Waals surface area contributed by atoms with E-state index in [-0.39, 0.29) is 5.78 Å². The zero-order valence-corrected chi connectivity index (χ0v) is 13.7. The van der Waals surface area contributed by atoms with Crippen LogP contribution < -0.4 is 0 Å². The van der Waals surface area contributed by atoms with E-state index in [1.54, 1.807) is 11.9 Å². The molecule has 2 aromatic carbocycles. The summed E-state index contributed by atoms with van der Waals surface area (Å²) >= 11 is 1.69. The Labute approximate surface area is 139 Å². The first-order chi connectivity index (χ1) is 11.3. The molecular formula is C18H17N3OS. The molecule has 3 aromatic rings. The Bertz CT molecular complexity index is 873. The fourth-order valence-electron chi connectivity index (χ4n) is 2.89. The number of benzene rings is 2. The SMILES string of the molecule is CCN1CCn2c(nc3cc(C(=O)c4ccccc4)ccc32)S1. The topological polar surface area (TPSA) is 38.1 Å². The second kappa shape index (κ2) is 5.83. The predicted octanol–water partition coefficient (Wildman–Crippen LogP) is 3.61. The van der Waals surface area contributed by atoms with Crippen LogP contribution in [0.5, 0.6) is 0 Å². The Morgan fingerprint density at radius 2 is 1.96 bits per heavy atom. The first-order valence-corrected chi connectivity index (χ1v) is 8.56. The lowest BCUT2D eigenvalue weighted by molar-refractivity contribution is 0.103. The molecule has 1 aromatic heterocycles. The van der Waals surface area contributed by atoms with Crippen molar-refractivity contribution in [3.8, 4) is 0 Å². The Kier molecular flexibility index (Phi) is 3.67. The third-order valence-electron chi connectivity index (χ3n) is 4.15. The van der Waals surface area contributed by atoms with Crippen LogP contribution >= 0.6 is 11.9 Å². The molecule has 0 N–H and O–H groups in total. The van der Waals surface area contributed by atoms with Crippen LogP contribution in [0.25, 0.3) is 11.0 Å². The van der Waals surface area contributed by atoms with Gasteiger partial charge in [0, 0.05) is 30.8 Å². The van der Waals surface area contributed by atoms with Gasteiger partial charge >= 0.3 is 0 Å². The molecule has 0 atom stereocenters. The molecule has 116 valence electrons. The number of ketones is 1. The van der Waals surface area contributed by atoms with Gasteiger partial charge < -0.3 is 4.57 Å². The van der Waals surface area contributed by atoms with Crippen LogP contribution in [0.1, 0.15) is 22.8 Å². The lowest BCUT2D eigenvalue weighted by Crippen LogP contribution is -2.26. The van der Waals surface area contributed by atoms with Crippen LogP contribution in [-0.2, 0) is 6.54 Å². The van der Waals surface area contributed by atoms with Crippen molar-refractivity contribution in [3.63, 3.8) is 0 Å². The van der Waals surface area contributed by atoms with Gasteiger partial charge in [0.1, 0.15) is 0 Å². The maximum atomic E-state index is 12.6. The number of imidazole rings is 1. The third kappa shape index (κ3) is 2.56. The minimum atomic E-state index is 0.0429. The van der Waals surface area contributed by atoms with E-state index >= 15 is 0 Å². The van der Waals surface area contributed by atoms with Crippen molar-refractivity contribution in [3.05, 3.63) is 59.7 Å². The van der Waals surface area contributed by atoms with Gasteiger partial charge in [0.25, 0.3) is 0 Å². The van der Waals surface area contributed by atoms with Crippen molar-refractivity contribution in [1.82, 2.24) is 13.9 Å². The van der Waals surface area contributed by atoms with E-state index in [9.17, 15) is 4.79 Å². The van der Waals surface area contributed by atoms with Gasteiger partial charge in [-0.3, -0.25) is 4.79 Å². The number of rotatable bonds is 3. The molecule has 1 aliphatic rings. The average Bonchev–Trinajstić information content (AvgIpc) is 2.98. The van der Waals surface area contributed by atoms with Crippen molar-refractivity contribution in [2.24, 2.45) is 0 Å². The molecule has 4 rings (SSSR count). The number of carbonyl (C=O) groups is 1. The second-order valence-corrected chi connectivity index (χ2v) is 6.62. The van der Waals surface area contributed by atoms with Crippen LogP contribution in [-0.4, -0.2) is 32.7 Å². The van der Waals surface area contributed by atoms with Gasteiger partial charge in [-0.15, -0.1) is 0 Å². The Morgan fingerprint density at radius 3 is 2.74 bits per heavy atom. The largest absolute Gasteiger partial charge is 0.317 e. The molecule has 4 nitrogen and oxygen atoms in total. The molecule has 0 spiro atoms. The van der Waals surface area contributed by atoms with Gasteiger partial charge in [0.15, 0.2) is 10.9 Å². The summed E-state index contributed by atoms with van der Waals surface area (Å²) in [6.07, 6.45) is 0. The summed E-state index contributed by atoms with van der Waals surface area (Å²) in [7, 11) is 0. The summed E-state index contributed by atoms with van der Waals surface area (Å²) in [5.74, 6) is 0.0429. The molecule has 0 aliphatic carbocycles. The molecule has 1 aliphatic heterocycles. The van der Waals surface area contributed by atoms with E-state index < -0.39 is 0 Å². The molecule has 2 heterocycles. The summed E-state index contributed by atoms with van der Waals surface area (Å²) in [6, 6.07) is 15.2. The number of carbonyl (C=O) groups excluding carboxylic acids is 1. The van der Waals surface area contributed by atoms with Crippen LogP contribution in [0.2, 0.25) is 0 Å². The summed E-state index contributed by atoms with van der Waals surface area (Å²) in [4.78, 5) is 17.3. The van der Waals surface area contributed by atoms with Crippen molar-refractivity contribution in [2.45, 2.75) is 18.6 Å². The molecule has 0 bridgehead atoms. The lowest BCUT2D eigenvalue weighted by atomic mass is 10.0. The maximum absolute atomic E-state index is 12.6. The third-order valence-corrected chi connectivity index (χ3v) is 5.32. The highest BCUT2D eigenvalue weighted by Gasteiger charge is 2.20. The highest BCUT2D eigenvalue weighted by atomic mass is 32.2. The molecule has 0 amide bonds. The molecule has 5 heteroatoms. The van der Waals surface area contributed by atoms with Crippen LogP contribution in [0.4, 0.5) is 0 Å². The minimum absolute atomic E-state index is 0.0429. The molecule has 0 radical (unpaired) electrons. The Hall–Kier alpha value is -2.11. The molecule has 0 saturated heterocycles. The van der Waals surface area contributed by atoms with E-state index in [4.69, 9.17) is 4.98 Å². The van der Waals surface area contributed by atoms with E-state index in [1.807, 2.05) is 48.5 Å². The standard InChI is InChI=1S/C18H17N3OS/c1-2-20-10-11-21-16-9-8-14(12-15(16)19-18(21)23-20)17(22)13-6-4-3-5-7-13/h3-9,12H,2,10-11H2,1H3. The van der Waals surface area contributed by atoms with Crippen LogP contribution in [0, 0.1) is 0 Å². The first-order valence-electron chi connectivity index (χ1n) is 7.79. The number of hydrogen-bond donors (Lipinski definition) is 0. The molecule has 0 fully saturated rings. The zero-order chi connectivity index (χ0) is 15.8. The van der Waals surface area contributed by atoms with E-state index in [0.29, 0.717) is 11.1 Å². The first kappa shape index (κ1) is 14.5.